The molecule has 0 aliphatic heterocycles. The average molecular weight is 278 g/mol. The van der Waals surface area contributed by atoms with Gasteiger partial charge in [0.15, 0.2) is 0 Å². The summed E-state index contributed by atoms with van der Waals surface area (Å²) in [5, 5.41) is 10.7. The summed E-state index contributed by atoms with van der Waals surface area (Å²) in [6, 6.07) is 3.76. The van der Waals surface area contributed by atoms with Crippen LogP contribution in [-0.4, -0.2) is 21.4 Å². The molecule has 0 spiro atoms. The van der Waals surface area contributed by atoms with E-state index in [0.29, 0.717) is 5.56 Å². The number of hydrogen-bond donors (Lipinski definition) is 0. The highest BCUT2D eigenvalue weighted by Gasteiger charge is 2.21. The van der Waals surface area contributed by atoms with Gasteiger partial charge in [0, 0.05) is 12.1 Å². The molecule has 0 saturated carbocycles. The molecule has 0 bridgehead atoms. The lowest BCUT2D eigenvalue weighted by atomic mass is 10.1. The Kier molecular flexibility index (Phi) is 4.67. The Bertz CT molecular complexity index is 583. The predicted octanol–water partition coefficient (Wildman–Crippen LogP) is 2.18. The monoisotopic (exact) mass is 278 g/mol. The van der Waals surface area contributed by atoms with Crippen molar-refractivity contribution in [1.29, 1.82) is 0 Å². The second-order valence-corrected chi connectivity index (χ2v) is 3.97. The molecule has 1 aromatic carbocycles. The molecule has 1 unspecified atom stereocenters. The van der Waals surface area contributed by atoms with Gasteiger partial charge in [-0.3, -0.25) is 24.4 Å². The Morgan fingerprint density at radius 1 is 1.37 bits per heavy atom. The van der Waals surface area contributed by atoms with E-state index >= 15 is 0 Å². The van der Waals surface area contributed by atoms with Crippen LogP contribution in [0.4, 0.5) is 5.69 Å². The number of nitro benzene ring substituents is 1. The van der Waals surface area contributed by atoms with E-state index in [2.05, 4.69) is 13.2 Å². The van der Waals surface area contributed by atoms with Gasteiger partial charge < -0.3 is 0 Å². The van der Waals surface area contributed by atoms with Crippen LogP contribution in [0.5, 0.6) is 0 Å². The van der Waals surface area contributed by atoms with Crippen LogP contribution in [0.3, 0.4) is 0 Å². The van der Waals surface area contributed by atoms with Gasteiger partial charge in [-0.1, -0.05) is 19.2 Å². The Balaban J connectivity index is 3.30. The molecule has 1 atom stereocenters. The molecule has 0 radical (unpaired) electrons. The number of non-ortho nitro benzene ring substituents is 1. The van der Waals surface area contributed by atoms with Crippen molar-refractivity contribution in [2.45, 2.75) is 0 Å². The second-order valence-electron chi connectivity index (χ2n) is 3.45. The number of carbonyl (C=O) groups is 2. The average Bonchev–Trinajstić information content (AvgIpc) is 2.43. The van der Waals surface area contributed by atoms with Gasteiger partial charge in [-0.15, -0.1) is 0 Å². The molecule has 19 heavy (non-hydrogen) atoms. The van der Waals surface area contributed by atoms with Gasteiger partial charge >= 0.3 is 0 Å². The van der Waals surface area contributed by atoms with Crippen molar-refractivity contribution < 1.29 is 14.5 Å². The number of nitro groups is 1. The topological polar surface area (TPSA) is 80.5 Å². The smallest absolute Gasteiger partial charge is 0.269 e. The Hall–Kier alpha value is -2.33. The molecule has 0 aliphatic rings. The minimum atomic E-state index is -0.687. The number of amides is 2. The molecule has 0 fully saturated rings. The van der Waals surface area contributed by atoms with Crippen molar-refractivity contribution in [3.63, 3.8) is 0 Å². The molecule has 1 rings (SSSR count). The summed E-state index contributed by atoms with van der Waals surface area (Å²) in [5.74, 6) is -1.31. The van der Waals surface area contributed by atoms with Crippen LogP contribution in [0.15, 0.2) is 37.4 Å². The van der Waals surface area contributed by atoms with Crippen LogP contribution in [0, 0.1) is 10.1 Å². The number of benzene rings is 1. The maximum atomic E-state index is 12.1. The molecule has 98 valence electrons. The first kappa shape index (κ1) is 14.7. The van der Waals surface area contributed by atoms with E-state index in [-0.39, 0.29) is 11.3 Å². The first-order chi connectivity index (χ1) is 8.92. The molecule has 6 nitrogen and oxygen atoms in total. The number of rotatable bonds is 4. The highest BCUT2D eigenvalue weighted by Crippen LogP contribution is 2.21. The van der Waals surface area contributed by atoms with Crippen molar-refractivity contribution in [2.75, 3.05) is 0 Å². The first-order valence-corrected chi connectivity index (χ1v) is 5.60. The molecular formula is C12H11N2O4P. The first-order valence-electron chi connectivity index (χ1n) is 5.08. The fourth-order valence-electron chi connectivity index (χ4n) is 1.35. The molecular weight excluding hydrogens is 267 g/mol. The zero-order chi connectivity index (χ0) is 14.6. The summed E-state index contributed by atoms with van der Waals surface area (Å²) in [6.07, 6.45) is 2.35. The molecule has 0 heterocycles. The van der Waals surface area contributed by atoms with E-state index < -0.39 is 16.7 Å². The van der Waals surface area contributed by atoms with E-state index in [0.717, 1.165) is 16.8 Å². The van der Waals surface area contributed by atoms with Crippen LogP contribution in [-0.2, 0) is 4.79 Å². The summed E-state index contributed by atoms with van der Waals surface area (Å²) in [4.78, 5) is 33.5. The van der Waals surface area contributed by atoms with E-state index in [1.165, 1.54) is 18.2 Å². The molecule has 0 aliphatic carbocycles. The van der Waals surface area contributed by atoms with Crippen molar-refractivity contribution in [3.05, 3.63) is 58.7 Å². The maximum Gasteiger partial charge on any atom is 0.270 e. The van der Waals surface area contributed by atoms with Gasteiger partial charge in [0.05, 0.1) is 10.5 Å². The van der Waals surface area contributed by atoms with Crippen LogP contribution < -0.4 is 0 Å². The van der Waals surface area contributed by atoms with Gasteiger partial charge in [0.25, 0.3) is 17.5 Å². The lowest BCUT2D eigenvalue weighted by Gasteiger charge is -2.14. The van der Waals surface area contributed by atoms with Crippen molar-refractivity contribution in [1.82, 2.24) is 4.67 Å². The zero-order valence-electron chi connectivity index (χ0n) is 9.91. The third-order valence-electron chi connectivity index (χ3n) is 2.33. The molecule has 0 N–H and O–H groups in total. The van der Waals surface area contributed by atoms with E-state index in [1.54, 1.807) is 0 Å². The van der Waals surface area contributed by atoms with E-state index in [1.807, 2.05) is 9.39 Å². The SMILES string of the molecule is C=CC(=O)N(P)C(=O)c1cc([N+](=O)[O-])ccc1C=C. The van der Waals surface area contributed by atoms with Gasteiger partial charge in [-0.05, 0) is 27.1 Å². The van der Waals surface area contributed by atoms with Crippen LogP contribution >= 0.6 is 9.39 Å². The van der Waals surface area contributed by atoms with Gasteiger partial charge in [0.1, 0.15) is 0 Å². The number of hydrogen-bond acceptors (Lipinski definition) is 4. The molecule has 1 aromatic rings. The van der Waals surface area contributed by atoms with Gasteiger partial charge in [0.2, 0.25) is 0 Å². The summed E-state index contributed by atoms with van der Waals surface area (Å²) in [6.45, 7) is 6.78. The van der Waals surface area contributed by atoms with Crippen LogP contribution in [0.2, 0.25) is 0 Å². The van der Waals surface area contributed by atoms with Crippen LogP contribution in [0.25, 0.3) is 6.08 Å². The van der Waals surface area contributed by atoms with E-state index in [9.17, 15) is 19.7 Å². The molecule has 0 aromatic heterocycles. The normalized spacial score (nSPS) is 9.53. The van der Waals surface area contributed by atoms with E-state index in [4.69, 9.17) is 0 Å². The summed E-state index contributed by atoms with van der Waals surface area (Å²) in [5.41, 5.74) is 0.188. The third kappa shape index (κ3) is 3.11. The quantitative estimate of drug-likeness (QED) is 0.366. The molecule has 2 amide bonds. The van der Waals surface area contributed by atoms with Gasteiger partial charge in [-0.2, -0.15) is 0 Å². The van der Waals surface area contributed by atoms with Gasteiger partial charge in [-0.25, -0.2) is 0 Å². The lowest BCUT2D eigenvalue weighted by Crippen LogP contribution is -2.26. The number of nitrogens with zero attached hydrogens (tertiary/aromatic N) is 2. The Labute approximate surface area is 111 Å². The minimum absolute atomic E-state index is 0.0226. The Morgan fingerprint density at radius 2 is 2.00 bits per heavy atom. The molecule has 0 saturated heterocycles. The highest BCUT2D eigenvalue weighted by molar-refractivity contribution is 7.16. The lowest BCUT2D eigenvalue weighted by molar-refractivity contribution is -0.384. The fraction of sp³-hybridized carbons (Fsp3) is 0. The van der Waals surface area contributed by atoms with Crippen molar-refractivity contribution in [2.24, 2.45) is 0 Å². The van der Waals surface area contributed by atoms with Crippen molar-refractivity contribution in [3.8, 4) is 0 Å². The summed E-state index contributed by atoms with van der Waals surface area (Å²) >= 11 is 0. The largest absolute Gasteiger partial charge is 0.270 e. The second kappa shape index (κ2) is 6.02. The Morgan fingerprint density at radius 3 is 2.47 bits per heavy atom. The zero-order valence-corrected chi connectivity index (χ0v) is 11.1. The fourth-order valence-corrected chi connectivity index (χ4v) is 1.59. The highest BCUT2D eigenvalue weighted by atomic mass is 31.0. The standard InChI is InChI=1S/C12H11N2O4P/c1-3-8-5-6-9(14(17)18)7-10(8)12(16)13(19)11(15)4-2/h3-7H,1-2,19H2. The third-order valence-corrected chi connectivity index (χ3v) is 2.82. The predicted molar refractivity (Wildman–Crippen MR) is 74.3 cm³/mol. The number of carbonyl (C=O) groups excluding carboxylic acids is 2. The minimum Gasteiger partial charge on any atom is -0.269 e. The molecule has 7 heteroatoms. The van der Waals surface area contributed by atoms with Crippen molar-refractivity contribution >= 4 is 33.0 Å². The summed E-state index contributed by atoms with van der Waals surface area (Å²) < 4.78 is 0.749. The van der Waals surface area contributed by atoms with Crippen LogP contribution in [0.1, 0.15) is 15.9 Å². The number of imide groups is 1. The summed E-state index contributed by atoms with van der Waals surface area (Å²) in [7, 11) is 1.95. The maximum absolute atomic E-state index is 12.1.